The van der Waals surface area contributed by atoms with Crippen molar-refractivity contribution in [1.29, 1.82) is 0 Å². The predicted octanol–water partition coefficient (Wildman–Crippen LogP) is 3.13. The summed E-state index contributed by atoms with van der Waals surface area (Å²) in [5.74, 6) is -1.13. The van der Waals surface area contributed by atoms with Crippen LogP contribution in [0.4, 0.5) is 14.6 Å². The van der Waals surface area contributed by atoms with Crippen molar-refractivity contribution < 1.29 is 13.2 Å². The molecule has 6 nitrogen and oxygen atoms in total. The van der Waals surface area contributed by atoms with Crippen LogP contribution in [0.25, 0.3) is 22.6 Å². The van der Waals surface area contributed by atoms with E-state index in [4.69, 9.17) is 10.2 Å². The van der Waals surface area contributed by atoms with E-state index in [0.29, 0.717) is 11.0 Å². The number of aromatic nitrogens is 4. The smallest absolute Gasteiger partial charge is 0.270 e. The highest BCUT2D eigenvalue weighted by molar-refractivity contribution is 5.80. The summed E-state index contributed by atoms with van der Waals surface area (Å²) in [5, 5.41) is 7.68. The highest BCUT2D eigenvalue weighted by Crippen LogP contribution is 2.25. The lowest BCUT2D eigenvalue weighted by Gasteiger charge is -2.03. The van der Waals surface area contributed by atoms with Crippen LogP contribution in [0.15, 0.2) is 46.9 Å². The van der Waals surface area contributed by atoms with Gasteiger partial charge in [0.15, 0.2) is 11.5 Å². The average Bonchev–Trinajstić information content (AvgIpc) is 3.06. The molecule has 0 spiro atoms. The summed E-state index contributed by atoms with van der Waals surface area (Å²) in [6.07, 6.45) is -0.174. The number of hydrogen-bond donors (Lipinski definition) is 1. The number of halogens is 2. The van der Waals surface area contributed by atoms with Gasteiger partial charge < -0.3 is 10.2 Å². The third-order valence-electron chi connectivity index (χ3n) is 3.66. The Morgan fingerprint density at radius 2 is 1.56 bits per heavy atom. The minimum atomic E-state index is -0.676. The van der Waals surface area contributed by atoms with Gasteiger partial charge in [0.2, 0.25) is 5.89 Å². The van der Waals surface area contributed by atoms with E-state index >= 15 is 0 Å². The molecule has 8 heteroatoms. The number of fused-ring (bicyclic) bond motifs is 1. The van der Waals surface area contributed by atoms with Crippen molar-refractivity contribution in [2.24, 2.45) is 0 Å². The number of nitrogens with zero attached hydrogens (tertiary/aromatic N) is 4. The molecule has 0 bridgehead atoms. The van der Waals surface area contributed by atoms with Gasteiger partial charge >= 0.3 is 0 Å². The summed E-state index contributed by atoms with van der Waals surface area (Å²) < 4.78 is 32.9. The van der Waals surface area contributed by atoms with Crippen LogP contribution < -0.4 is 5.73 Å². The van der Waals surface area contributed by atoms with Crippen molar-refractivity contribution in [2.75, 3.05) is 5.73 Å². The maximum Gasteiger partial charge on any atom is 0.270 e. The van der Waals surface area contributed by atoms with Gasteiger partial charge in [0.25, 0.3) is 5.89 Å². The molecule has 0 aliphatic heterocycles. The molecule has 0 aliphatic carbocycles. The Morgan fingerprint density at radius 3 is 2.28 bits per heavy atom. The molecule has 2 aromatic carbocycles. The molecule has 4 aromatic rings. The summed E-state index contributed by atoms with van der Waals surface area (Å²) in [6.45, 7) is 0. The molecule has 0 saturated carbocycles. The van der Waals surface area contributed by atoms with Crippen LogP contribution in [0.3, 0.4) is 0 Å². The van der Waals surface area contributed by atoms with Crippen LogP contribution in [-0.2, 0) is 6.42 Å². The lowest BCUT2D eigenvalue weighted by molar-refractivity contribution is 0.498. The molecule has 0 radical (unpaired) electrons. The first kappa shape index (κ1) is 15.1. The fourth-order valence-corrected chi connectivity index (χ4v) is 2.44. The van der Waals surface area contributed by atoms with E-state index in [1.165, 1.54) is 18.2 Å². The van der Waals surface area contributed by atoms with Crippen molar-refractivity contribution >= 4 is 16.9 Å². The fourth-order valence-electron chi connectivity index (χ4n) is 2.44. The number of rotatable bonds is 3. The summed E-state index contributed by atoms with van der Waals surface area (Å²) in [7, 11) is 0. The molecule has 0 atom stereocenters. The Bertz CT molecular complexity index is 1060. The highest BCUT2D eigenvalue weighted by atomic mass is 19.1. The Morgan fingerprint density at radius 1 is 0.880 bits per heavy atom. The molecule has 2 heterocycles. The molecule has 0 fully saturated rings. The molecule has 0 unspecified atom stereocenters. The Kier molecular flexibility index (Phi) is 3.57. The first-order valence-corrected chi connectivity index (χ1v) is 7.40. The van der Waals surface area contributed by atoms with Gasteiger partial charge in [0, 0.05) is 5.56 Å². The number of nitrogens with two attached hydrogens (primary N) is 1. The first-order chi connectivity index (χ1) is 12.1. The summed E-state index contributed by atoms with van der Waals surface area (Å²) in [6, 6.07) is 10.8. The van der Waals surface area contributed by atoms with Gasteiger partial charge in [0.1, 0.15) is 11.6 Å². The van der Waals surface area contributed by atoms with E-state index in [1.54, 1.807) is 12.1 Å². The second-order valence-electron chi connectivity index (χ2n) is 5.32. The van der Waals surface area contributed by atoms with E-state index in [0.717, 1.165) is 0 Å². The largest absolute Gasteiger partial charge is 0.419 e. The van der Waals surface area contributed by atoms with E-state index < -0.39 is 11.6 Å². The van der Waals surface area contributed by atoms with Crippen LogP contribution in [0.2, 0.25) is 0 Å². The molecular formula is C17H11F2N5O. The number of nitrogen functional groups attached to an aromatic ring is 1. The van der Waals surface area contributed by atoms with E-state index in [2.05, 4.69) is 20.2 Å². The van der Waals surface area contributed by atoms with Crippen LogP contribution in [0.1, 0.15) is 11.5 Å². The molecule has 0 saturated heterocycles. The zero-order chi connectivity index (χ0) is 17.4. The first-order valence-electron chi connectivity index (χ1n) is 7.40. The number of benzene rings is 2. The summed E-state index contributed by atoms with van der Waals surface area (Å²) in [5.41, 5.74) is 7.25. The molecule has 25 heavy (non-hydrogen) atoms. The van der Waals surface area contributed by atoms with Crippen molar-refractivity contribution in [1.82, 2.24) is 20.2 Å². The van der Waals surface area contributed by atoms with Crippen molar-refractivity contribution in [3.8, 4) is 11.6 Å². The van der Waals surface area contributed by atoms with Gasteiger partial charge in [-0.1, -0.05) is 18.2 Å². The highest BCUT2D eigenvalue weighted by Gasteiger charge is 2.18. The molecule has 2 N–H and O–H groups in total. The number of para-hydroxylation sites is 2. The van der Waals surface area contributed by atoms with E-state index in [1.807, 2.05) is 12.1 Å². The zero-order valence-corrected chi connectivity index (χ0v) is 12.8. The Labute approximate surface area is 140 Å². The molecular weight excluding hydrogens is 328 g/mol. The van der Waals surface area contributed by atoms with Crippen LogP contribution >= 0.6 is 0 Å². The molecule has 0 amide bonds. The van der Waals surface area contributed by atoms with Gasteiger partial charge in [-0.25, -0.2) is 18.7 Å². The van der Waals surface area contributed by atoms with Gasteiger partial charge in [-0.2, -0.15) is 0 Å². The number of hydrogen-bond acceptors (Lipinski definition) is 6. The van der Waals surface area contributed by atoms with Crippen molar-refractivity contribution in [3.05, 3.63) is 65.6 Å². The fraction of sp³-hybridized carbons (Fsp3) is 0.0588. The third-order valence-corrected chi connectivity index (χ3v) is 3.66. The normalized spacial score (nSPS) is 11.1. The molecule has 2 aromatic heterocycles. The van der Waals surface area contributed by atoms with Gasteiger partial charge in [-0.3, -0.25) is 0 Å². The van der Waals surface area contributed by atoms with Gasteiger partial charge in [-0.15, -0.1) is 10.2 Å². The standard InChI is InChI=1S/C17H11F2N5O/c18-10-4-3-5-11(19)9(10)8-14-23-24-17(25-14)15-16(20)22-13-7-2-1-6-12(13)21-15/h1-7H,8H2,(H2,20,22). The van der Waals surface area contributed by atoms with E-state index in [-0.39, 0.29) is 35.3 Å². The Hall–Kier alpha value is -3.42. The lowest BCUT2D eigenvalue weighted by atomic mass is 10.1. The minimum Gasteiger partial charge on any atom is -0.419 e. The summed E-state index contributed by atoms with van der Waals surface area (Å²) in [4.78, 5) is 8.61. The van der Waals surface area contributed by atoms with Gasteiger partial charge in [-0.05, 0) is 24.3 Å². The van der Waals surface area contributed by atoms with Crippen LogP contribution in [-0.4, -0.2) is 20.2 Å². The van der Waals surface area contributed by atoms with Crippen LogP contribution in [0.5, 0.6) is 0 Å². The zero-order valence-electron chi connectivity index (χ0n) is 12.8. The Balaban J connectivity index is 1.71. The molecule has 0 aliphatic rings. The summed E-state index contributed by atoms with van der Waals surface area (Å²) >= 11 is 0. The SMILES string of the molecule is Nc1nc2ccccc2nc1-c1nnc(Cc2c(F)cccc2F)o1. The van der Waals surface area contributed by atoms with Gasteiger partial charge in [0.05, 0.1) is 17.5 Å². The topological polar surface area (TPSA) is 90.7 Å². The van der Waals surface area contributed by atoms with Crippen molar-refractivity contribution in [2.45, 2.75) is 6.42 Å². The van der Waals surface area contributed by atoms with Crippen LogP contribution in [0, 0.1) is 11.6 Å². The minimum absolute atomic E-state index is 0.0440. The van der Waals surface area contributed by atoms with Crippen molar-refractivity contribution in [3.63, 3.8) is 0 Å². The third kappa shape index (κ3) is 2.78. The lowest BCUT2D eigenvalue weighted by Crippen LogP contribution is -1.98. The quantitative estimate of drug-likeness (QED) is 0.617. The monoisotopic (exact) mass is 339 g/mol. The second-order valence-corrected chi connectivity index (χ2v) is 5.32. The molecule has 4 rings (SSSR count). The average molecular weight is 339 g/mol. The van der Waals surface area contributed by atoms with E-state index in [9.17, 15) is 8.78 Å². The maximum absolute atomic E-state index is 13.7. The number of anilines is 1. The predicted molar refractivity (Wildman–Crippen MR) is 86.4 cm³/mol. The second kappa shape index (κ2) is 5.90. The molecule has 124 valence electrons. The maximum atomic E-state index is 13.7.